The van der Waals surface area contributed by atoms with Crippen molar-refractivity contribution in [2.75, 3.05) is 52.9 Å². The van der Waals surface area contributed by atoms with Gasteiger partial charge in [-0.15, -0.1) is 0 Å². The number of likely N-dealkylation sites (N-methyl/N-ethyl adjacent to an activating group) is 1. The molecule has 2 N–H and O–H groups in total. The van der Waals surface area contributed by atoms with Gasteiger partial charge < -0.3 is 15.3 Å². The number of amides is 1. The SMILES string of the molecule is CN(CCO)CC(=O)N1CCNCC1. The van der Waals surface area contributed by atoms with Crippen LogP contribution in [0.2, 0.25) is 0 Å². The summed E-state index contributed by atoms with van der Waals surface area (Å²) in [6.07, 6.45) is 0. The number of hydrogen-bond acceptors (Lipinski definition) is 4. The zero-order valence-corrected chi connectivity index (χ0v) is 8.70. The molecule has 5 heteroatoms. The first-order valence-electron chi connectivity index (χ1n) is 5.02. The minimum Gasteiger partial charge on any atom is -0.395 e. The van der Waals surface area contributed by atoms with E-state index in [0.29, 0.717) is 13.1 Å². The Morgan fingerprint density at radius 2 is 2.14 bits per heavy atom. The summed E-state index contributed by atoms with van der Waals surface area (Å²) in [5.74, 6) is 0.155. The number of piperazine rings is 1. The molecule has 0 saturated carbocycles. The second-order valence-corrected chi connectivity index (χ2v) is 3.59. The zero-order chi connectivity index (χ0) is 10.4. The summed E-state index contributed by atoms with van der Waals surface area (Å²) in [6.45, 7) is 4.42. The van der Waals surface area contributed by atoms with E-state index in [4.69, 9.17) is 5.11 Å². The third kappa shape index (κ3) is 3.61. The van der Waals surface area contributed by atoms with Gasteiger partial charge in [-0.2, -0.15) is 0 Å². The smallest absolute Gasteiger partial charge is 0.236 e. The summed E-state index contributed by atoms with van der Waals surface area (Å²) in [5, 5.41) is 11.9. The van der Waals surface area contributed by atoms with E-state index >= 15 is 0 Å². The van der Waals surface area contributed by atoms with E-state index in [1.165, 1.54) is 0 Å². The monoisotopic (exact) mass is 201 g/mol. The largest absolute Gasteiger partial charge is 0.395 e. The molecule has 0 spiro atoms. The van der Waals surface area contributed by atoms with Crippen molar-refractivity contribution < 1.29 is 9.90 Å². The van der Waals surface area contributed by atoms with E-state index in [1.807, 2.05) is 16.8 Å². The van der Waals surface area contributed by atoms with Crippen molar-refractivity contribution >= 4 is 5.91 Å². The first kappa shape index (κ1) is 11.4. The quantitative estimate of drug-likeness (QED) is 0.572. The van der Waals surface area contributed by atoms with Crippen LogP contribution in [0.5, 0.6) is 0 Å². The van der Waals surface area contributed by atoms with Gasteiger partial charge in [0.1, 0.15) is 0 Å². The Kier molecular flexibility index (Phi) is 4.86. The number of aliphatic hydroxyl groups is 1. The van der Waals surface area contributed by atoms with Crippen molar-refractivity contribution in [2.45, 2.75) is 0 Å². The average Bonchev–Trinajstić information content (AvgIpc) is 2.19. The molecular weight excluding hydrogens is 182 g/mol. The van der Waals surface area contributed by atoms with E-state index in [9.17, 15) is 4.79 Å². The molecule has 5 nitrogen and oxygen atoms in total. The van der Waals surface area contributed by atoms with E-state index in [0.717, 1.165) is 26.2 Å². The van der Waals surface area contributed by atoms with Crippen LogP contribution in [-0.4, -0.2) is 73.7 Å². The minimum atomic E-state index is 0.103. The van der Waals surface area contributed by atoms with Gasteiger partial charge >= 0.3 is 0 Å². The Morgan fingerprint density at radius 1 is 1.50 bits per heavy atom. The van der Waals surface area contributed by atoms with Gasteiger partial charge in [0.2, 0.25) is 5.91 Å². The number of rotatable bonds is 4. The highest BCUT2D eigenvalue weighted by Crippen LogP contribution is 1.94. The van der Waals surface area contributed by atoms with E-state index in [2.05, 4.69) is 5.32 Å². The number of nitrogens with zero attached hydrogens (tertiary/aromatic N) is 2. The first-order chi connectivity index (χ1) is 6.74. The molecule has 1 aliphatic heterocycles. The summed E-state index contributed by atoms with van der Waals surface area (Å²) < 4.78 is 0. The first-order valence-corrected chi connectivity index (χ1v) is 5.02. The topological polar surface area (TPSA) is 55.8 Å². The second kappa shape index (κ2) is 5.95. The lowest BCUT2D eigenvalue weighted by Gasteiger charge is -2.29. The molecule has 1 aliphatic rings. The molecule has 1 rings (SSSR count). The summed E-state index contributed by atoms with van der Waals surface area (Å²) in [5.41, 5.74) is 0. The summed E-state index contributed by atoms with van der Waals surface area (Å²) in [4.78, 5) is 15.4. The van der Waals surface area contributed by atoms with Gasteiger partial charge in [0.25, 0.3) is 0 Å². The van der Waals surface area contributed by atoms with Crippen LogP contribution in [0, 0.1) is 0 Å². The normalized spacial score (nSPS) is 17.5. The fourth-order valence-electron chi connectivity index (χ4n) is 1.49. The highest BCUT2D eigenvalue weighted by Gasteiger charge is 2.16. The van der Waals surface area contributed by atoms with Crippen molar-refractivity contribution in [3.05, 3.63) is 0 Å². The molecule has 1 amide bonds. The fraction of sp³-hybridized carbons (Fsp3) is 0.889. The van der Waals surface area contributed by atoms with Crippen molar-refractivity contribution in [1.29, 1.82) is 0 Å². The Balaban J connectivity index is 2.25. The molecule has 0 aromatic rings. The Bertz CT molecular complexity index is 181. The minimum absolute atomic E-state index is 0.103. The molecule has 0 aromatic heterocycles. The highest BCUT2D eigenvalue weighted by molar-refractivity contribution is 5.78. The number of carbonyl (C=O) groups excluding carboxylic acids is 1. The maximum Gasteiger partial charge on any atom is 0.236 e. The van der Waals surface area contributed by atoms with Crippen LogP contribution in [-0.2, 0) is 4.79 Å². The van der Waals surface area contributed by atoms with Gasteiger partial charge in [0.05, 0.1) is 13.2 Å². The summed E-state index contributed by atoms with van der Waals surface area (Å²) in [6, 6.07) is 0. The van der Waals surface area contributed by atoms with Gasteiger partial charge in [-0.3, -0.25) is 9.69 Å². The number of carbonyl (C=O) groups is 1. The Labute approximate surface area is 84.7 Å². The lowest BCUT2D eigenvalue weighted by Crippen LogP contribution is -2.49. The molecule has 1 fully saturated rings. The maximum absolute atomic E-state index is 11.7. The van der Waals surface area contributed by atoms with Gasteiger partial charge in [-0.05, 0) is 7.05 Å². The van der Waals surface area contributed by atoms with Gasteiger partial charge in [-0.25, -0.2) is 0 Å². The number of aliphatic hydroxyl groups excluding tert-OH is 1. The van der Waals surface area contributed by atoms with Crippen molar-refractivity contribution in [3.63, 3.8) is 0 Å². The molecule has 0 aromatic carbocycles. The summed E-state index contributed by atoms with van der Waals surface area (Å²) in [7, 11) is 1.84. The fourth-order valence-corrected chi connectivity index (χ4v) is 1.49. The van der Waals surface area contributed by atoms with E-state index in [1.54, 1.807) is 0 Å². The van der Waals surface area contributed by atoms with Crippen molar-refractivity contribution in [1.82, 2.24) is 15.1 Å². The second-order valence-electron chi connectivity index (χ2n) is 3.59. The Hall–Kier alpha value is -0.650. The molecule has 0 atom stereocenters. The number of nitrogens with one attached hydrogen (secondary N) is 1. The van der Waals surface area contributed by atoms with Crippen LogP contribution in [0.3, 0.4) is 0 Å². The molecule has 0 aliphatic carbocycles. The average molecular weight is 201 g/mol. The predicted molar refractivity (Wildman–Crippen MR) is 54.0 cm³/mol. The van der Waals surface area contributed by atoms with E-state index < -0.39 is 0 Å². The number of hydrogen-bond donors (Lipinski definition) is 2. The van der Waals surface area contributed by atoms with Crippen LogP contribution < -0.4 is 5.32 Å². The molecule has 0 bridgehead atoms. The lowest BCUT2D eigenvalue weighted by atomic mass is 10.3. The maximum atomic E-state index is 11.7. The van der Waals surface area contributed by atoms with Crippen molar-refractivity contribution in [2.24, 2.45) is 0 Å². The standard InChI is InChI=1S/C9H19N3O2/c1-11(6-7-13)8-9(14)12-4-2-10-3-5-12/h10,13H,2-8H2,1H3. The molecule has 1 saturated heterocycles. The van der Waals surface area contributed by atoms with E-state index in [-0.39, 0.29) is 12.5 Å². The third-order valence-electron chi connectivity index (χ3n) is 2.36. The summed E-state index contributed by atoms with van der Waals surface area (Å²) >= 11 is 0. The molecular formula is C9H19N3O2. The highest BCUT2D eigenvalue weighted by atomic mass is 16.3. The van der Waals surface area contributed by atoms with Crippen LogP contribution in [0.1, 0.15) is 0 Å². The molecule has 82 valence electrons. The predicted octanol–water partition coefficient (Wildman–Crippen LogP) is -1.66. The third-order valence-corrected chi connectivity index (χ3v) is 2.36. The van der Waals surface area contributed by atoms with Crippen molar-refractivity contribution in [3.8, 4) is 0 Å². The van der Waals surface area contributed by atoms with Crippen LogP contribution >= 0.6 is 0 Å². The van der Waals surface area contributed by atoms with Gasteiger partial charge in [0.15, 0.2) is 0 Å². The van der Waals surface area contributed by atoms with Crippen LogP contribution in [0.4, 0.5) is 0 Å². The van der Waals surface area contributed by atoms with Crippen LogP contribution in [0.25, 0.3) is 0 Å². The van der Waals surface area contributed by atoms with Gasteiger partial charge in [-0.1, -0.05) is 0 Å². The molecule has 1 heterocycles. The van der Waals surface area contributed by atoms with Crippen LogP contribution in [0.15, 0.2) is 0 Å². The molecule has 0 radical (unpaired) electrons. The molecule has 0 unspecified atom stereocenters. The lowest BCUT2D eigenvalue weighted by molar-refractivity contribution is -0.132. The Morgan fingerprint density at radius 3 is 2.71 bits per heavy atom. The van der Waals surface area contributed by atoms with Gasteiger partial charge in [0, 0.05) is 32.7 Å². The zero-order valence-electron chi connectivity index (χ0n) is 8.70. The molecule has 14 heavy (non-hydrogen) atoms.